The zero-order chi connectivity index (χ0) is 50.7. The minimum Gasteiger partial charge on any atom is -0.457 e. The van der Waals surface area contributed by atoms with Crippen LogP contribution in [-0.4, -0.2) is 0 Å². The van der Waals surface area contributed by atoms with E-state index in [0.29, 0.717) is 0 Å². The monoisotopic (exact) mass is 981 g/mol. The molecule has 0 fully saturated rings. The molecule has 3 nitrogen and oxygen atoms in total. The second-order valence-corrected chi connectivity index (χ2v) is 20.6. The predicted octanol–water partition coefficient (Wildman–Crippen LogP) is 19.1. The Bertz CT molecular complexity index is 4270. The molecule has 2 heterocycles. The Balaban J connectivity index is 0.903. The zero-order valence-corrected chi connectivity index (χ0v) is 41.9. The molecular formula is C74H47NO2. The van der Waals surface area contributed by atoms with Gasteiger partial charge in [0.25, 0.3) is 0 Å². The number of fused-ring (bicyclic) bond motifs is 18. The first-order valence-corrected chi connectivity index (χ1v) is 26.6. The maximum atomic E-state index is 6.75. The second-order valence-electron chi connectivity index (χ2n) is 20.6. The molecule has 0 atom stereocenters. The topological polar surface area (TPSA) is 21.7 Å². The van der Waals surface area contributed by atoms with E-state index in [1.165, 1.54) is 66.8 Å². The summed E-state index contributed by atoms with van der Waals surface area (Å²) >= 11 is 0. The van der Waals surface area contributed by atoms with Crippen molar-refractivity contribution in [1.29, 1.82) is 0 Å². The minimum atomic E-state index is -0.621. The zero-order valence-electron chi connectivity index (χ0n) is 41.9. The normalized spacial score (nSPS) is 13.9. The fraction of sp³-hybridized carbons (Fsp3) is 0.0270. The van der Waals surface area contributed by atoms with E-state index in [2.05, 4.69) is 290 Å². The molecule has 0 bridgehead atoms. The van der Waals surface area contributed by atoms with Gasteiger partial charge in [-0.25, -0.2) is 0 Å². The number of nitrogens with zero attached hydrogens (tertiary/aromatic N) is 1. The van der Waals surface area contributed by atoms with Crippen LogP contribution in [0.2, 0.25) is 0 Å². The van der Waals surface area contributed by atoms with Gasteiger partial charge in [0.1, 0.15) is 23.0 Å². The Morgan fingerprint density at radius 2 is 0.623 bits per heavy atom. The van der Waals surface area contributed by atoms with Crippen molar-refractivity contribution in [3.8, 4) is 78.6 Å². The molecule has 12 aromatic carbocycles. The average Bonchev–Trinajstić information content (AvgIpc) is 3.67. The van der Waals surface area contributed by atoms with Gasteiger partial charge in [-0.2, -0.15) is 0 Å². The van der Waals surface area contributed by atoms with Crippen molar-refractivity contribution in [2.24, 2.45) is 0 Å². The van der Waals surface area contributed by atoms with Gasteiger partial charge in [-0.3, -0.25) is 0 Å². The molecule has 0 N–H and O–H groups in total. The van der Waals surface area contributed by atoms with E-state index in [1.54, 1.807) is 0 Å². The molecule has 2 aliphatic heterocycles. The third-order valence-corrected chi connectivity index (χ3v) is 16.8. The van der Waals surface area contributed by atoms with Crippen LogP contribution in [0.5, 0.6) is 23.0 Å². The SMILES string of the molecule is c1ccc(-c2cccc(-c3ccc(N(c4cccc(-c5cccc6c5-c5ccccc5C65c6ccccc6Oc6ccccc65)c4)c4ccc5c(c4)C4(c6ccccc6Oc6ccccc64)c4ccccc4-5)cc3)c2)cc1. The van der Waals surface area contributed by atoms with Gasteiger partial charge in [-0.1, -0.05) is 218 Å². The summed E-state index contributed by atoms with van der Waals surface area (Å²) in [5.41, 5.74) is 23.6. The Morgan fingerprint density at radius 1 is 0.221 bits per heavy atom. The van der Waals surface area contributed by atoms with Gasteiger partial charge < -0.3 is 14.4 Å². The number of hydrogen-bond donors (Lipinski definition) is 0. The van der Waals surface area contributed by atoms with Gasteiger partial charge in [0.15, 0.2) is 0 Å². The van der Waals surface area contributed by atoms with Crippen LogP contribution in [0.4, 0.5) is 17.1 Å². The first kappa shape index (κ1) is 43.4. The first-order chi connectivity index (χ1) is 38.2. The average molecular weight is 982 g/mol. The van der Waals surface area contributed by atoms with Crippen LogP contribution in [0.25, 0.3) is 55.6 Å². The van der Waals surface area contributed by atoms with Gasteiger partial charge in [0.05, 0.1) is 10.8 Å². The standard InChI is InChI=1S/C74H47NO2/c1-2-19-48(20-3-1)50-21-16-22-51(45-50)49-39-41-53(42-40-49)75(55-43-44-58-57-25-4-6-28-60(57)74(67(58)47-55)64-32-10-14-37-70(64)77-71-38-15-11-33-65(71)74)54-24-17-23-52(46-54)56-27-18-34-66-72(56)59-26-5-7-29-61(59)73(66)62-30-8-12-35-68(62)76-69-36-13-9-31-63(69)73/h1-47H. The minimum absolute atomic E-state index is 0.571. The summed E-state index contributed by atoms with van der Waals surface area (Å²) < 4.78 is 13.5. The van der Waals surface area contributed by atoms with Crippen molar-refractivity contribution in [1.82, 2.24) is 0 Å². The molecule has 0 unspecified atom stereocenters. The van der Waals surface area contributed by atoms with Crippen LogP contribution >= 0.6 is 0 Å². The molecule has 0 aromatic heterocycles. The lowest BCUT2D eigenvalue weighted by Crippen LogP contribution is -2.32. The Labute approximate surface area is 448 Å². The molecule has 3 heteroatoms. The van der Waals surface area contributed by atoms with E-state index in [9.17, 15) is 0 Å². The maximum absolute atomic E-state index is 6.75. The number of benzene rings is 12. The van der Waals surface area contributed by atoms with Crippen LogP contribution < -0.4 is 14.4 Å². The summed E-state index contributed by atoms with van der Waals surface area (Å²) in [4.78, 5) is 2.45. The van der Waals surface area contributed by atoms with Gasteiger partial charge in [0, 0.05) is 39.3 Å². The van der Waals surface area contributed by atoms with Crippen LogP contribution in [0, 0.1) is 0 Å². The molecular weight excluding hydrogens is 935 g/mol. The highest BCUT2D eigenvalue weighted by Crippen LogP contribution is 2.65. The van der Waals surface area contributed by atoms with Crippen molar-refractivity contribution in [2.75, 3.05) is 4.90 Å². The Morgan fingerprint density at radius 3 is 1.25 bits per heavy atom. The van der Waals surface area contributed by atoms with Crippen molar-refractivity contribution in [2.45, 2.75) is 10.8 Å². The molecule has 0 amide bonds. The van der Waals surface area contributed by atoms with Crippen LogP contribution in [0.15, 0.2) is 285 Å². The van der Waals surface area contributed by atoms with Crippen molar-refractivity contribution in [3.63, 3.8) is 0 Å². The lowest BCUT2D eigenvalue weighted by atomic mass is 9.66. The highest BCUT2D eigenvalue weighted by atomic mass is 16.5. The summed E-state index contributed by atoms with van der Waals surface area (Å²) in [5.74, 6) is 3.53. The lowest BCUT2D eigenvalue weighted by Gasteiger charge is -2.39. The van der Waals surface area contributed by atoms with Gasteiger partial charge in [-0.05, 0) is 145 Å². The number of rotatable bonds is 6. The van der Waals surface area contributed by atoms with Crippen molar-refractivity contribution >= 4 is 17.1 Å². The largest absolute Gasteiger partial charge is 0.457 e. The highest BCUT2D eigenvalue weighted by molar-refractivity contribution is 5.98. The molecule has 360 valence electrons. The summed E-state index contributed by atoms with van der Waals surface area (Å²) in [6.45, 7) is 0. The Hall–Kier alpha value is -9.96. The molecule has 0 saturated heterocycles. The van der Waals surface area contributed by atoms with E-state index in [0.717, 1.165) is 73.4 Å². The van der Waals surface area contributed by atoms with E-state index in [1.807, 2.05) is 0 Å². The molecule has 4 aliphatic rings. The molecule has 0 radical (unpaired) electrons. The van der Waals surface area contributed by atoms with E-state index in [-0.39, 0.29) is 0 Å². The molecule has 2 aliphatic carbocycles. The third kappa shape index (κ3) is 6.20. The third-order valence-electron chi connectivity index (χ3n) is 16.8. The number of anilines is 3. The first-order valence-electron chi connectivity index (χ1n) is 26.6. The lowest BCUT2D eigenvalue weighted by molar-refractivity contribution is 0.436. The predicted molar refractivity (Wildman–Crippen MR) is 312 cm³/mol. The molecule has 0 saturated carbocycles. The Kier molecular flexibility index (Phi) is 9.47. The van der Waals surface area contributed by atoms with Crippen LogP contribution in [0.3, 0.4) is 0 Å². The maximum Gasteiger partial charge on any atom is 0.132 e. The summed E-state index contributed by atoms with van der Waals surface area (Å²) in [7, 11) is 0. The molecule has 77 heavy (non-hydrogen) atoms. The molecule has 12 aromatic rings. The highest BCUT2D eigenvalue weighted by Gasteiger charge is 2.53. The van der Waals surface area contributed by atoms with Gasteiger partial charge in [-0.15, -0.1) is 0 Å². The van der Waals surface area contributed by atoms with E-state index >= 15 is 0 Å². The van der Waals surface area contributed by atoms with Gasteiger partial charge in [0.2, 0.25) is 0 Å². The summed E-state index contributed by atoms with van der Waals surface area (Å²) in [6.07, 6.45) is 0. The van der Waals surface area contributed by atoms with Gasteiger partial charge >= 0.3 is 0 Å². The number of para-hydroxylation sites is 4. The summed E-state index contributed by atoms with van der Waals surface area (Å²) in [5, 5.41) is 0. The fourth-order valence-electron chi connectivity index (χ4n) is 13.7. The quantitative estimate of drug-likeness (QED) is 0.166. The smallest absolute Gasteiger partial charge is 0.132 e. The fourth-order valence-corrected chi connectivity index (χ4v) is 13.7. The van der Waals surface area contributed by atoms with E-state index < -0.39 is 10.8 Å². The van der Waals surface area contributed by atoms with E-state index in [4.69, 9.17) is 9.47 Å². The van der Waals surface area contributed by atoms with Crippen LogP contribution in [-0.2, 0) is 10.8 Å². The number of ether oxygens (including phenoxy) is 2. The van der Waals surface area contributed by atoms with Crippen molar-refractivity contribution < 1.29 is 9.47 Å². The summed E-state index contributed by atoms with van der Waals surface area (Å²) in [6, 6.07) is 104. The molecule has 2 spiro atoms. The number of hydrogen-bond acceptors (Lipinski definition) is 3. The van der Waals surface area contributed by atoms with Crippen molar-refractivity contribution in [3.05, 3.63) is 330 Å². The molecule has 16 rings (SSSR count). The second kappa shape index (κ2) is 16.8. The van der Waals surface area contributed by atoms with Crippen LogP contribution in [0.1, 0.15) is 44.5 Å².